The summed E-state index contributed by atoms with van der Waals surface area (Å²) >= 11 is 0. The predicted molar refractivity (Wildman–Crippen MR) is 154 cm³/mol. The Bertz CT molecular complexity index is 1360. The Morgan fingerprint density at radius 3 is 2.12 bits per heavy atom. The fraction of sp³-hybridized carbons (Fsp3) is 0.423. The molecular formula is C26H37N9O8. The number of carboxylic acids is 2. The molecular weight excluding hydrogens is 566 g/mol. The SMILES string of the molecule is NC(=O)CC(NC(=O)C(N)CCC(=O)O)C(=O)NC(Cc1c[nH]c2ccccc12)C(=O)NC(CCCN=C(N)N)C(=O)O. The molecule has 17 heteroatoms. The maximum absolute atomic E-state index is 13.4. The molecule has 2 aromatic rings. The number of carbonyl (C=O) groups is 6. The number of aromatic nitrogens is 1. The van der Waals surface area contributed by atoms with E-state index in [9.17, 15) is 33.9 Å². The first-order chi connectivity index (χ1) is 20.3. The van der Waals surface area contributed by atoms with Crippen molar-refractivity contribution in [3.63, 3.8) is 0 Å². The molecule has 0 saturated carbocycles. The van der Waals surface area contributed by atoms with E-state index < -0.39 is 72.6 Å². The molecule has 0 aliphatic rings. The van der Waals surface area contributed by atoms with Crippen LogP contribution in [0.3, 0.4) is 0 Å². The average molecular weight is 604 g/mol. The molecule has 0 aliphatic carbocycles. The van der Waals surface area contributed by atoms with Gasteiger partial charge in [-0.05, 0) is 30.9 Å². The quantitative estimate of drug-likeness (QED) is 0.0477. The van der Waals surface area contributed by atoms with Gasteiger partial charge < -0.3 is 54.1 Å². The standard InChI is InChI=1S/C26H37N9O8/c27-15(7-8-21(37)38)22(39)34-19(11-20(28)36)24(41)35-18(10-13-12-32-16-5-2-1-4-14(13)16)23(40)33-17(25(42)43)6-3-9-31-26(29)30/h1-2,4-5,12,15,17-19,32H,3,6-11,27H2,(H2,28,36)(H,33,40)(H,34,39)(H,35,41)(H,37,38)(H,42,43)(H4,29,30,31). The maximum Gasteiger partial charge on any atom is 0.326 e. The van der Waals surface area contributed by atoms with E-state index in [0.717, 1.165) is 10.9 Å². The minimum Gasteiger partial charge on any atom is -0.481 e. The number of hydrogen-bond acceptors (Lipinski definition) is 8. The average Bonchev–Trinajstić information content (AvgIpc) is 3.34. The van der Waals surface area contributed by atoms with E-state index in [1.807, 2.05) is 0 Å². The van der Waals surface area contributed by atoms with Gasteiger partial charge in [-0.1, -0.05) is 18.2 Å². The summed E-state index contributed by atoms with van der Waals surface area (Å²) in [4.78, 5) is 80.4. The number of primary amides is 1. The lowest BCUT2D eigenvalue weighted by Crippen LogP contribution is -2.58. The summed E-state index contributed by atoms with van der Waals surface area (Å²) in [5.74, 6) is -6.37. The lowest BCUT2D eigenvalue weighted by molar-refractivity contribution is -0.142. The molecule has 14 N–H and O–H groups in total. The van der Waals surface area contributed by atoms with Gasteiger partial charge in [-0.2, -0.15) is 0 Å². The van der Waals surface area contributed by atoms with Crippen molar-refractivity contribution in [3.8, 4) is 0 Å². The van der Waals surface area contributed by atoms with Crippen LogP contribution in [0.4, 0.5) is 0 Å². The Hall–Kier alpha value is -5.19. The molecule has 43 heavy (non-hydrogen) atoms. The summed E-state index contributed by atoms with van der Waals surface area (Å²) in [6, 6.07) is 1.58. The predicted octanol–water partition coefficient (Wildman–Crippen LogP) is -2.63. The van der Waals surface area contributed by atoms with Crippen LogP contribution >= 0.6 is 0 Å². The van der Waals surface area contributed by atoms with Crippen molar-refractivity contribution < 1.29 is 39.0 Å². The summed E-state index contributed by atoms with van der Waals surface area (Å²) in [5, 5.41) is 26.4. The molecule has 0 saturated heterocycles. The summed E-state index contributed by atoms with van der Waals surface area (Å²) in [6.07, 6.45) is 0.418. The van der Waals surface area contributed by atoms with Gasteiger partial charge in [-0.25, -0.2) is 4.79 Å². The lowest BCUT2D eigenvalue weighted by Gasteiger charge is -2.25. The van der Waals surface area contributed by atoms with E-state index in [2.05, 4.69) is 25.9 Å². The zero-order valence-electron chi connectivity index (χ0n) is 23.2. The highest BCUT2D eigenvalue weighted by Crippen LogP contribution is 2.19. The summed E-state index contributed by atoms with van der Waals surface area (Å²) in [5.41, 5.74) is 22.9. The number of guanidine groups is 1. The van der Waals surface area contributed by atoms with Crippen LogP contribution in [-0.4, -0.2) is 87.4 Å². The van der Waals surface area contributed by atoms with Crippen molar-refractivity contribution in [2.75, 3.05) is 6.54 Å². The Morgan fingerprint density at radius 2 is 1.49 bits per heavy atom. The van der Waals surface area contributed by atoms with Crippen LogP contribution < -0.4 is 38.9 Å². The van der Waals surface area contributed by atoms with E-state index in [1.54, 1.807) is 30.5 Å². The number of nitrogens with two attached hydrogens (primary N) is 4. The van der Waals surface area contributed by atoms with Gasteiger partial charge in [0.2, 0.25) is 23.6 Å². The van der Waals surface area contributed by atoms with E-state index in [4.69, 9.17) is 28.0 Å². The molecule has 4 atom stereocenters. The first kappa shape index (κ1) is 34.0. The first-order valence-electron chi connectivity index (χ1n) is 13.3. The van der Waals surface area contributed by atoms with Gasteiger partial charge in [0.25, 0.3) is 0 Å². The lowest BCUT2D eigenvalue weighted by atomic mass is 10.0. The molecule has 0 fully saturated rings. The molecule has 0 aliphatic heterocycles. The van der Waals surface area contributed by atoms with Crippen molar-refractivity contribution in [1.29, 1.82) is 0 Å². The first-order valence-corrected chi connectivity index (χ1v) is 13.3. The smallest absolute Gasteiger partial charge is 0.326 e. The third-order valence-corrected chi connectivity index (χ3v) is 6.34. The van der Waals surface area contributed by atoms with Crippen LogP contribution in [0.25, 0.3) is 10.9 Å². The molecule has 0 spiro atoms. The van der Waals surface area contributed by atoms with Gasteiger partial charge in [-0.15, -0.1) is 0 Å². The van der Waals surface area contributed by atoms with Gasteiger partial charge in [0.05, 0.1) is 12.5 Å². The summed E-state index contributed by atoms with van der Waals surface area (Å²) < 4.78 is 0. The summed E-state index contributed by atoms with van der Waals surface area (Å²) in [6.45, 7) is 0.126. The number of H-pyrrole nitrogens is 1. The number of aliphatic imine (C=N–C) groups is 1. The number of hydrogen-bond donors (Lipinski definition) is 10. The molecule has 17 nitrogen and oxygen atoms in total. The van der Waals surface area contributed by atoms with Gasteiger partial charge in [0.1, 0.15) is 18.1 Å². The minimum absolute atomic E-state index is 0.0276. The normalized spacial score (nSPS) is 13.6. The van der Waals surface area contributed by atoms with Crippen LogP contribution in [0.1, 0.15) is 37.7 Å². The van der Waals surface area contributed by atoms with Crippen LogP contribution in [0.15, 0.2) is 35.5 Å². The number of rotatable bonds is 18. The Kier molecular flexibility index (Phi) is 12.9. The monoisotopic (exact) mass is 603 g/mol. The molecule has 1 heterocycles. The topological polar surface area (TPSA) is 311 Å². The number of carboxylic acid groups (broad SMARTS) is 2. The molecule has 1 aromatic carbocycles. The Balaban J connectivity index is 2.29. The zero-order valence-corrected chi connectivity index (χ0v) is 23.2. The molecule has 4 unspecified atom stereocenters. The molecule has 4 amide bonds. The third-order valence-electron chi connectivity index (χ3n) is 6.34. The highest BCUT2D eigenvalue weighted by molar-refractivity contribution is 5.96. The van der Waals surface area contributed by atoms with E-state index in [-0.39, 0.29) is 38.2 Å². The zero-order chi connectivity index (χ0) is 32.1. The van der Waals surface area contributed by atoms with E-state index in [0.29, 0.717) is 5.56 Å². The van der Waals surface area contributed by atoms with Crippen molar-refractivity contribution in [1.82, 2.24) is 20.9 Å². The fourth-order valence-electron chi connectivity index (χ4n) is 4.13. The number of nitrogens with zero attached hydrogens (tertiary/aromatic N) is 1. The van der Waals surface area contributed by atoms with Gasteiger partial charge in [0.15, 0.2) is 5.96 Å². The van der Waals surface area contributed by atoms with Crippen molar-refractivity contribution in [2.45, 2.75) is 62.7 Å². The highest BCUT2D eigenvalue weighted by Gasteiger charge is 2.31. The number of fused-ring (bicyclic) bond motifs is 1. The third kappa shape index (κ3) is 11.3. The van der Waals surface area contributed by atoms with Crippen LogP contribution in [0.5, 0.6) is 0 Å². The Morgan fingerprint density at radius 1 is 0.860 bits per heavy atom. The summed E-state index contributed by atoms with van der Waals surface area (Å²) in [7, 11) is 0. The van der Waals surface area contributed by atoms with Crippen molar-refractivity contribution in [3.05, 3.63) is 36.0 Å². The number of aliphatic carboxylic acids is 2. The number of aromatic amines is 1. The minimum atomic E-state index is -1.56. The molecule has 1 aromatic heterocycles. The van der Waals surface area contributed by atoms with Crippen molar-refractivity contribution >= 4 is 52.4 Å². The number of nitrogens with one attached hydrogen (secondary N) is 4. The number of para-hydroxylation sites is 1. The molecule has 0 bridgehead atoms. The number of benzene rings is 1. The van der Waals surface area contributed by atoms with Gasteiger partial charge in [-0.3, -0.25) is 29.0 Å². The number of carbonyl (C=O) groups excluding carboxylic acids is 4. The molecule has 234 valence electrons. The Labute approximate surface area is 245 Å². The van der Waals surface area contributed by atoms with Crippen LogP contribution in [0.2, 0.25) is 0 Å². The fourth-order valence-corrected chi connectivity index (χ4v) is 4.13. The second kappa shape index (κ2) is 16.3. The van der Waals surface area contributed by atoms with Gasteiger partial charge in [0, 0.05) is 36.5 Å². The maximum atomic E-state index is 13.4. The van der Waals surface area contributed by atoms with Crippen LogP contribution in [0, 0.1) is 0 Å². The largest absolute Gasteiger partial charge is 0.481 e. The van der Waals surface area contributed by atoms with E-state index in [1.165, 1.54) is 0 Å². The van der Waals surface area contributed by atoms with Crippen molar-refractivity contribution in [2.24, 2.45) is 27.9 Å². The molecule has 2 rings (SSSR count). The second-order valence-corrected chi connectivity index (χ2v) is 9.74. The van der Waals surface area contributed by atoms with Gasteiger partial charge >= 0.3 is 11.9 Å². The highest BCUT2D eigenvalue weighted by atomic mass is 16.4. The van der Waals surface area contributed by atoms with E-state index >= 15 is 0 Å². The second-order valence-electron chi connectivity index (χ2n) is 9.74. The number of amides is 4. The molecule has 0 radical (unpaired) electrons. The van der Waals surface area contributed by atoms with Crippen LogP contribution in [-0.2, 0) is 35.2 Å².